The molecule has 0 N–H and O–H groups in total. The summed E-state index contributed by atoms with van der Waals surface area (Å²) in [5, 5.41) is 5.10. The molecule has 1 heterocycles. The van der Waals surface area contributed by atoms with E-state index < -0.39 is 10.4 Å². The van der Waals surface area contributed by atoms with Crippen molar-refractivity contribution in [3.63, 3.8) is 0 Å². The minimum atomic E-state index is -3.88. The van der Waals surface area contributed by atoms with Crippen LogP contribution < -0.4 is 0 Å². The quantitative estimate of drug-likeness (QED) is 0.438. The van der Waals surface area contributed by atoms with E-state index in [0.717, 1.165) is 0 Å². The van der Waals surface area contributed by atoms with E-state index in [1.165, 1.54) is 0 Å². The monoisotopic (exact) mass is 124 g/mol. The molecule has 0 spiro atoms. The van der Waals surface area contributed by atoms with Crippen molar-refractivity contribution in [2.75, 3.05) is 0 Å². The van der Waals surface area contributed by atoms with Crippen LogP contribution in [0.5, 0.6) is 0 Å². The third-order valence-corrected chi connectivity index (χ3v) is 0.781. The summed E-state index contributed by atoms with van der Waals surface area (Å²) in [4.78, 5) is 0. The zero-order valence-corrected chi connectivity index (χ0v) is 3.75. The average Bonchev–Trinajstić information content (AvgIpc) is 1.84. The normalized spacial score (nSPS) is 23.4. The first-order valence-electron chi connectivity index (χ1n) is 1.23. The van der Waals surface area contributed by atoms with Gasteiger partial charge in [-0.25, -0.2) is 8.57 Å². The Balaban J connectivity index is 2.88. The van der Waals surface area contributed by atoms with Gasteiger partial charge in [-0.15, -0.1) is 8.42 Å². The first-order chi connectivity index (χ1) is 3.21. The van der Waals surface area contributed by atoms with Crippen LogP contribution in [0.1, 0.15) is 0 Å². The van der Waals surface area contributed by atoms with Gasteiger partial charge in [-0.3, -0.25) is 0 Å². The van der Waals surface area contributed by atoms with Gasteiger partial charge in [0.1, 0.15) is 0 Å². The molecule has 40 valence electrons. The van der Waals surface area contributed by atoms with Crippen molar-refractivity contribution in [3.8, 4) is 0 Å². The second-order valence-electron chi connectivity index (χ2n) is 0.721. The third kappa shape index (κ3) is 0.769. The number of hydrogen-bond acceptors (Lipinski definition) is 6. The van der Waals surface area contributed by atoms with Gasteiger partial charge in [-0.05, 0) is 0 Å². The summed E-state index contributed by atoms with van der Waals surface area (Å²) in [6.07, 6.45) is 0. The maximum Gasteiger partial charge on any atom is 0.545 e. The van der Waals surface area contributed by atoms with Gasteiger partial charge in [-0.2, -0.15) is 0 Å². The second kappa shape index (κ2) is 1.06. The number of rotatable bonds is 0. The molecule has 7 heavy (non-hydrogen) atoms. The van der Waals surface area contributed by atoms with Crippen molar-refractivity contribution in [1.82, 2.24) is 0 Å². The molecular formula is N2O4S. The molecule has 7 heteroatoms. The van der Waals surface area contributed by atoms with E-state index in [9.17, 15) is 8.42 Å². The van der Waals surface area contributed by atoms with E-state index >= 15 is 0 Å². The molecule has 0 saturated heterocycles. The van der Waals surface area contributed by atoms with Crippen LogP contribution in [0.4, 0.5) is 0 Å². The largest absolute Gasteiger partial charge is 0.545 e. The molecule has 0 aromatic heterocycles. The fourth-order valence-corrected chi connectivity index (χ4v) is 0.367. The first-order valence-corrected chi connectivity index (χ1v) is 2.57. The summed E-state index contributed by atoms with van der Waals surface area (Å²) in [7, 11) is -3.88. The summed E-state index contributed by atoms with van der Waals surface area (Å²) >= 11 is 0. The van der Waals surface area contributed by atoms with Crippen LogP contribution in [0.25, 0.3) is 0 Å². The lowest BCUT2D eigenvalue weighted by Gasteiger charge is -1.77. The Hall–Kier alpha value is -0.850. The summed E-state index contributed by atoms with van der Waals surface area (Å²) in [6.45, 7) is 0. The summed E-state index contributed by atoms with van der Waals surface area (Å²) in [5.41, 5.74) is 0. The smallest absolute Gasteiger partial charge is 0.213 e. The lowest BCUT2D eigenvalue weighted by molar-refractivity contribution is 0.320. The number of hydrogen-bond donors (Lipinski definition) is 0. The molecule has 0 bridgehead atoms. The molecule has 0 radical (unpaired) electrons. The van der Waals surface area contributed by atoms with E-state index in [-0.39, 0.29) is 0 Å². The molecule has 0 aliphatic carbocycles. The molecule has 0 atom stereocenters. The maximum atomic E-state index is 9.80. The molecule has 6 nitrogen and oxygen atoms in total. The summed E-state index contributed by atoms with van der Waals surface area (Å²) < 4.78 is 26.7. The molecule has 0 aromatic carbocycles. The van der Waals surface area contributed by atoms with E-state index in [4.69, 9.17) is 0 Å². The minimum absolute atomic E-state index is 2.55. The first kappa shape index (κ1) is 4.31. The standard InChI is InChI=1S/N2O4S/c3-7(4)5-1-2-6-7. The van der Waals surface area contributed by atoms with Crippen LogP contribution in [0.15, 0.2) is 10.6 Å². The maximum absolute atomic E-state index is 9.80. The molecule has 0 amide bonds. The lowest BCUT2D eigenvalue weighted by atomic mass is 13.0. The average molecular weight is 124 g/mol. The molecule has 0 unspecified atom stereocenters. The van der Waals surface area contributed by atoms with Crippen LogP contribution >= 0.6 is 0 Å². The van der Waals surface area contributed by atoms with Crippen molar-refractivity contribution in [2.24, 2.45) is 10.6 Å². The van der Waals surface area contributed by atoms with E-state index in [1.54, 1.807) is 0 Å². The van der Waals surface area contributed by atoms with Crippen LogP contribution in [-0.2, 0) is 19.0 Å². The van der Waals surface area contributed by atoms with Gasteiger partial charge < -0.3 is 0 Å². The van der Waals surface area contributed by atoms with Gasteiger partial charge in [0.05, 0.1) is 10.6 Å². The van der Waals surface area contributed by atoms with Gasteiger partial charge in [0.2, 0.25) is 0 Å². The lowest BCUT2D eigenvalue weighted by Crippen LogP contribution is -1.94. The molecule has 0 fully saturated rings. The Morgan fingerprint density at radius 1 is 1.14 bits per heavy atom. The van der Waals surface area contributed by atoms with Gasteiger partial charge in [0.25, 0.3) is 0 Å². The molecule has 1 aliphatic heterocycles. The van der Waals surface area contributed by atoms with Gasteiger partial charge in [0.15, 0.2) is 0 Å². The Morgan fingerprint density at radius 2 is 1.57 bits per heavy atom. The predicted molar refractivity (Wildman–Crippen MR) is 15.9 cm³/mol. The van der Waals surface area contributed by atoms with Crippen LogP contribution in [-0.4, -0.2) is 8.42 Å². The Morgan fingerprint density at radius 3 is 1.71 bits per heavy atom. The highest BCUT2D eigenvalue weighted by atomic mass is 32.3. The molecule has 1 rings (SSSR count). The minimum Gasteiger partial charge on any atom is -0.213 e. The molecule has 0 saturated carbocycles. The summed E-state index contributed by atoms with van der Waals surface area (Å²) in [6, 6.07) is 0. The zero-order chi connectivity index (χ0) is 5.33. The SMILES string of the molecule is O=S1(=O)ON=NO1. The van der Waals surface area contributed by atoms with E-state index in [1.807, 2.05) is 0 Å². The van der Waals surface area contributed by atoms with Crippen molar-refractivity contribution >= 4 is 10.4 Å². The Kier molecular flexibility index (Phi) is 0.653. The highest BCUT2D eigenvalue weighted by Gasteiger charge is 2.18. The molecular weight excluding hydrogens is 124 g/mol. The van der Waals surface area contributed by atoms with Crippen LogP contribution in [0, 0.1) is 0 Å². The van der Waals surface area contributed by atoms with E-state index in [2.05, 4.69) is 19.1 Å². The highest BCUT2D eigenvalue weighted by Crippen LogP contribution is 2.04. The van der Waals surface area contributed by atoms with Crippen LogP contribution in [0.3, 0.4) is 0 Å². The van der Waals surface area contributed by atoms with E-state index in [0.29, 0.717) is 0 Å². The Bertz CT molecular complexity index is 162. The van der Waals surface area contributed by atoms with Crippen molar-refractivity contribution in [1.29, 1.82) is 0 Å². The summed E-state index contributed by atoms with van der Waals surface area (Å²) in [5.74, 6) is 0. The van der Waals surface area contributed by atoms with Crippen molar-refractivity contribution < 1.29 is 17.0 Å². The molecule has 1 aliphatic rings. The third-order valence-electron chi connectivity index (χ3n) is 0.283. The topological polar surface area (TPSA) is 77.3 Å². The van der Waals surface area contributed by atoms with Gasteiger partial charge >= 0.3 is 10.4 Å². The number of nitrogens with zero attached hydrogens (tertiary/aromatic N) is 2. The van der Waals surface area contributed by atoms with Gasteiger partial charge in [0, 0.05) is 0 Å². The molecule has 0 aromatic rings. The fraction of sp³-hybridized carbons (Fsp3) is 0. The van der Waals surface area contributed by atoms with Crippen molar-refractivity contribution in [3.05, 3.63) is 0 Å². The van der Waals surface area contributed by atoms with Crippen LogP contribution in [0.2, 0.25) is 0 Å². The second-order valence-corrected chi connectivity index (χ2v) is 1.84. The highest BCUT2D eigenvalue weighted by molar-refractivity contribution is 7.81. The predicted octanol–water partition coefficient (Wildman–Crippen LogP) is -0.440. The Labute approximate surface area is 39.0 Å². The fourth-order valence-electron chi connectivity index (χ4n) is 0.122. The zero-order valence-electron chi connectivity index (χ0n) is 2.94. The van der Waals surface area contributed by atoms with Gasteiger partial charge in [-0.1, -0.05) is 0 Å². The van der Waals surface area contributed by atoms with Crippen molar-refractivity contribution in [2.45, 2.75) is 0 Å².